The van der Waals surface area contributed by atoms with Gasteiger partial charge in [-0.2, -0.15) is 5.26 Å². The number of nitrogens with one attached hydrogen (secondary N) is 1. The van der Waals surface area contributed by atoms with Gasteiger partial charge in [0, 0.05) is 28.9 Å². The number of anilines is 1. The summed E-state index contributed by atoms with van der Waals surface area (Å²) in [6.07, 6.45) is 3.47. The van der Waals surface area contributed by atoms with E-state index in [0.29, 0.717) is 17.7 Å². The van der Waals surface area contributed by atoms with Crippen molar-refractivity contribution in [3.8, 4) is 6.07 Å². The highest BCUT2D eigenvalue weighted by Gasteiger charge is 2.17. The molecule has 5 heteroatoms. The molecule has 1 N–H and O–H groups in total. The van der Waals surface area contributed by atoms with E-state index in [0.717, 1.165) is 46.4 Å². The minimum absolute atomic E-state index is 0.0291. The molecule has 1 aliphatic carbocycles. The van der Waals surface area contributed by atoms with Crippen LogP contribution in [0.3, 0.4) is 0 Å². The summed E-state index contributed by atoms with van der Waals surface area (Å²) in [7, 11) is 0. The first-order valence-corrected chi connectivity index (χ1v) is 10.1. The molecule has 0 spiro atoms. The van der Waals surface area contributed by atoms with Crippen molar-refractivity contribution in [2.24, 2.45) is 0 Å². The molecule has 1 heterocycles. The average molecular weight is 373 g/mol. The Hall–Kier alpha value is -2.84. The monoisotopic (exact) mass is 373 g/mol. The SMILES string of the molecule is N#Cc1cc2c(nc1SCCC(=O)Nc1cccc3ccccc13)CCC2. The standard InChI is InChI=1S/C22H19N3OS/c23-14-17-13-16-7-4-9-19(16)25-22(17)27-12-11-21(26)24-20-10-3-6-15-5-1-2-8-18(15)20/h1-3,5-6,8,10,13H,4,7,9,11-12H2,(H,24,26). The van der Waals surface area contributed by atoms with Crippen LogP contribution >= 0.6 is 11.8 Å². The number of amides is 1. The molecule has 0 radical (unpaired) electrons. The first-order chi connectivity index (χ1) is 13.2. The summed E-state index contributed by atoms with van der Waals surface area (Å²) in [4.78, 5) is 17.0. The van der Waals surface area contributed by atoms with E-state index >= 15 is 0 Å². The molecule has 4 rings (SSSR count). The Bertz CT molecular complexity index is 1050. The van der Waals surface area contributed by atoms with Crippen LogP contribution in [0.5, 0.6) is 0 Å². The summed E-state index contributed by atoms with van der Waals surface area (Å²) in [5.41, 5.74) is 3.76. The van der Waals surface area contributed by atoms with Crippen LogP contribution in [0.25, 0.3) is 10.8 Å². The van der Waals surface area contributed by atoms with E-state index in [1.165, 1.54) is 17.3 Å². The van der Waals surface area contributed by atoms with Crippen LogP contribution in [0.1, 0.15) is 29.7 Å². The quantitative estimate of drug-likeness (QED) is 0.658. The highest BCUT2D eigenvalue weighted by molar-refractivity contribution is 7.99. The first-order valence-electron chi connectivity index (χ1n) is 9.08. The van der Waals surface area contributed by atoms with E-state index in [4.69, 9.17) is 0 Å². The number of hydrogen-bond donors (Lipinski definition) is 1. The van der Waals surface area contributed by atoms with Crippen LogP contribution in [-0.4, -0.2) is 16.6 Å². The zero-order valence-electron chi connectivity index (χ0n) is 14.9. The molecule has 1 amide bonds. The maximum absolute atomic E-state index is 12.4. The summed E-state index contributed by atoms with van der Waals surface area (Å²) in [6.45, 7) is 0. The van der Waals surface area contributed by atoms with Gasteiger partial charge >= 0.3 is 0 Å². The number of nitriles is 1. The van der Waals surface area contributed by atoms with Crippen molar-refractivity contribution < 1.29 is 4.79 Å². The highest BCUT2D eigenvalue weighted by atomic mass is 32.2. The maximum Gasteiger partial charge on any atom is 0.225 e. The number of fused-ring (bicyclic) bond motifs is 2. The molecular weight excluding hydrogens is 354 g/mol. The third-order valence-corrected chi connectivity index (χ3v) is 5.76. The topological polar surface area (TPSA) is 65.8 Å². The van der Waals surface area contributed by atoms with Gasteiger partial charge in [0.1, 0.15) is 11.1 Å². The molecule has 4 nitrogen and oxygen atoms in total. The molecule has 0 aliphatic heterocycles. The Morgan fingerprint density at radius 1 is 1.19 bits per heavy atom. The Balaban J connectivity index is 1.40. The van der Waals surface area contributed by atoms with Crippen molar-refractivity contribution in [3.05, 3.63) is 65.4 Å². The second-order valence-corrected chi connectivity index (χ2v) is 7.67. The van der Waals surface area contributed by atoms with Gasteiger partial charge in [0.15, 0.2) is 0 Å². The van der Waals surface area contributed by atoms with Crippen LogP contribution in [0, 0.1) is 11.3 Å². The number of benzene rings is 2. The Morgan fingerprint density at radius 2 is 2.04 bits per heavy atom. The summed E-state index contributed by atoms with van der Waals surface area (Å²) < 4.78 is 0. The number of aromatic nitrogens is 1. The lowest BCUT2D eigenvalue weighted by atomic mass is 10.1. The van der Waals surface area contributed by atoms with Gasteiger partial charge in [-0.05, 0) is 42.3 Å². The zero-order chi connectivity index (χ0) is 18.6. The van der Waals surface area contributed by atoms with Crippen LogP contribution < -0.4 is 5.32 Å². The molecule has 1 aromatic heterocycles. The van der Waals surface area contributed by atoms with Crippen molar-refractivity contribution in [1.29, 1.82) is 5.26 Å². The number of hydrogen-bond acceptors (Lipinski definition) is 4. The van der Waals surface area contributed by atoms with Crippen LogP contribution in [0.4, 0.5) is 5.69 Å². The fraction of sp³-hybridized carbons (Fsp3) is 0.227. The maximum atomic E-state index is 12.4. The van der Waals surface area contributed by atoms with Gasteiger partial charge in [0.05, 0.1) is 5.56 Å². The van der Waals surface area contributed by atoms with Crippen molar-refractivity contribution in [2.75, 3.05) is 11.1 Å². The Morgan fingerprint density at radius 3 is 2.93 bits per heavy atom. The van der Waals surface area contributed by atoms with E-state index < -0.39 is 0 Å². The molecule has 2 aromatic carbocycles. The normalized spacial score (nSPS) is 12.6. The summed E-state index contributed by atoms with van der Waals surface area (Å²) in [5, 5.41) is 15.3. The predicted molar refractivity (Wildman–Crippen MR) is 109 cm³/mol. The Labute approximate surface area is 162 Å². The largest absolute Gasteiger partial charge is 0.325 e. The van der Waals surface area contributed by atoms with E-state index in [1.807, 2.05) is 48.5 Å². The van der Waals surface area contributed by atoms with E-state index in [2.05, 4.69) is 16.4 Å². The lowest BCUT2D eigenvalue weighted by Crippen LogP contribution is -2.12. The number of aryl methyl sites for hydroxylation is 2. The summed E-state index contributed by atoms with van der Waals surface area (Å²) in [5.74, 6) is 0.565. The zero-order valence-corrected chi connectivity index (χ0v) is 15.7. The molecule has 0 saturated carbocycles. The van der Waals surface area contributed by atoms with Crippen LogP contribution in [0.15, 0.2) is 53.6 Å². The van der Waals surface area contributed by atoms with Crippen molar-refractivity contribution >= 4 is 34.1 Å². The fourth-order valence-corrected chi connectivity index (χ4v) is 4.35. The molecule has 134 valence electrons. The van der Waals surface area contributed by atoms with Crippen LogP contribution in [0.2, 0.25) is 0 Å². The Kier molecular flexibility index (Phi) is 5.08. The van der Waals surface area contributed by atoms with Crippen molar-refractivity contribution in [1.82, 2.24) is 4.98 Å². The number of rotatable bonds is 5. The molecule has 0 saturated heterocycles. The summed E-state index contributed by atoms with van der Waals surface area (Å²) in [6, 6.07) is 18.1. The minimum atomic E-state index is -0.0291. The van der Waals surface area contributed by atoms with E-state index in [9.17, 15) is 10.1 Å². The second kappa shape index (κ2) is 7.81. The fourth-order valence-electron chi connectivity index (χ4n) is 3.43. The smallest absolute Gasteiger partial charge is 0.225 e. The predicted octanol–water partition coefficient (Wildman–Crippen LogP) is 4.72. The minimum Gasteiger partial charge on any atom is -0.325 e. The van der Waals surface area contributed by atoms with Gasteiger partial charge < -0.3 is 5.32 Å². The number of pyridine rings is 1. The molecule has 0 atom stereocenters. The first kappa shape index (κ1) is 17.6. The van der Waals surface area contributed by atoms with Gasteiger partial charge in [-0.1, -0.05) is 36.4 Å². The second-order valence-electron chi connectivity index (χ2n) is 6.59. The molecule has 0 unspecified atom stereocenters. The van der Waals surface area contributed by atoms with Gasteiger partial charge in [0.25, 0.3) is 0 Å². The number of carbonyl (C=O) groups is 1. The number of carbonyl (C=O) groups excluding carboxylic acids is 1. The lowest BCUT2D eigenvalue weighted by Gasteiger charge is -2.09. The van der Waals surface area contributed by atoms with Gasteiger partial charge in [0.2, 0.25) is 5.91 Å². The lowest BCUT2D eigenvalue weighted by molar-refractivity contribution is -0.115. The molecule has 0 fully saturated rings. The van der Waals surface area contributed by atoms with Gasteiger partial charge in [-0.15, -0.1) is 11.8 Å². The van der Waals surface area contributed by atoms with Crippen molar-refractivity contribution in [2.45, 2.75) is 30.7 Å². The summed E-state index contributed by atoms with van der Waals surface area (Å²) >= 11 is 1.49. The highest BCUT2D eigenvalue weighted by Crippen LogP contribution is 2.28. The molecular formula is C22H19N3OS. The molecule has 0 bridgehead atoms. The van der Waals surface area contributed by atoms with Crippen LogP contribution in [-0.2, 0) is 17.6 Å². The van der Waals surface area contributed by atoms with Crippen molar-refractivity contribution in [3.63, 3.8) is 0 Å². The molecule has 27 heavy (non-hydrogen) atoms. The average Bonchev–Trinajstić information content (AvgIpc) is 3.15. The van der Waals surface area contributed by atoms with E-state index in [-0.39, 0.29) is 5.91 Å². The molecule has 1 aliphatic rings. The third-order valence-electron chi connectivity index (χ3n) is 4.77. The van der Waals surface area contributed by atoms with Gasteiger partial charge in [-0.25, -0.2) is 4.98 Å². The molecule has 3 aromatic rings. The van der Waals surface area contributed by atoms with Gasteiger partial charge in [-0.3, -0.25) is 4.79 Å². The number of nitrogens with zero attached hydrogens (tertiary/aromatic N) is 2. The third kappa shape index (κ3) is 3.81. The number of thioether (sulfide) groups is 1. The van der Waals surface area contributed by atoms with E-state index in [1.54, 1.807) is 0 Å².